The molecule has 1 aromatic heterocycles. The lowest BCUT2D eigenvalue weighted by molar-refractivity contribution is -0.121. The number of aryl methyl sites for hydroxylation is 2. The summed E-state index contributed by atoms with van der Waals surface area (Å²) in [7, 11) is 0. The number of aromatic nitrogens is 2. The van der Waals surface area contributed by atoms with Gasteiger partial charge >= 0.3 is 0 Å². The van der Waals surface area contributed by atoms with Crippen LogP contribution in [0.15, 0.2) is 65.5 Å². The zero-order chi connectivity index (χ0) is 19.9. The molecule has 0 unspecified atom stereocenters. The monoisotopic (exact) mass is 379 g/mol. The highest BCUT2D eigenvalue weighted by Crippen LogP contribution is 2.16. The molecule has 0 aliphatic carbocycles. The molecule has 0 atom stereocenters. The molecule has 0 saturated heterocycles. The third-order valence-electron chi connectivity index (χ3n) is 4.48. The summed E-state index contributed by atoms with van der Waals surface area (Å²) >= 11 is 0. The van der Waals surface area contributed by atoms with Crippen molar-refractivity contribution in [2.24, 2.45) is 0 Å². The molecule has 2 aromatic carbocycles. The molecule has 6 heteroatoms. The summed E-state index contributed by atoms with van der Waals surface area (Å²) in [6.45, 7) is 2.59. The summed E-state index contributed by atoms with van der Waals surface area (Å²) < 4.78 is 14.2. The molecule has 0 spiro atoms. The smallest absolute Gasteiger partial charge is 0.266 e. The van der Waals surface area contributed by atoms with Crippen molar-refractivity contribution in [3.8, 4) is 11.3 Å². The van der Waals surface area contributed by atoms with E-state index < -0.39 is 0 Å². The van der Waals surface area contributed by atoms with E-state index in [-0.39, 0.29) is 30.2 Å². The number of hydrogen-bond acceptors (Lipinski definition) is 3. The largest absolute Gasteiger partial charge is 0.352 e. The number of carbonyl (C=O) groups excluding carboxylic acids is 1. The lowest BCUT2D eigenvalue weighted by atomic mass is 10.1. The Morgan fingerprint density at radius 2 is 1.68 bits per heavy atom. The van der Waals surface area contributed by atoms with Gasteiger partial charge in [0.2, 0.25) is 5.91 Å². The van der Waals surface area contributed by atoms with E-state index in [0.29, 0.717) is 12.2 Å². The maximum absolute atomic E-state index is 12.9. The minimum Gasteiger partial charge on any atom is -0.352 e. The highest BCUT2D eigenvalue weighted by molar-refractivity contribution is 5.75. The van der Waals surface area contributed by atoms with Gasteiger partial charge in [0.05, 0.1) is 12.2 Å². The molecule has 28 heavy (non-hydrogen) atoms. The first-order valence-corrected chi connectivity index (χ1v) is 9.24. The van der Waals surface area contributed by atoms with Gasteiger partial charge in [0.15, 0.2) is 0 Å². The third-order valence-corrected chi connectivity index (χ3v) is 4.48. The van der Waals surface area contributed by atoms with E-state index in [1.54, 1.807) is 18.2 Å². The van der Waals surface area contributed by atoms with Crippen LogP contribution in [0.25, 0.3) is 11.3 Å². The van der Waals surface area contributed by atoms with E-state index in [9.17, 15) is 14.0 Å². The van der Waals surface area contributed by atoms with Crippen molar-refractivity contribution < 1.29 is 9.18 Å². The van der Waals surface area contributed by atoms with Gasteiger partial charge in [-0.1, -0.05) is 43.3 Å². The number of amides is 1. The number of rotatable bonds is 7. The molecule has 3 aromatic rings. The first-order chi connectivity index (χ1) is 13.5. The fraction of sp³-hybridized carbons (Fsp3) is 0.227. The Bertz CT molecular complexity index is 996. The highest BCUT2D eigenvalue weighted by atomic mass is 19.1. The Morgan fingerprint density at radius 3 is 2.36 bits per heavy atom. The minimum atomic E-state index is -0.315. The van der Waals surface area contributed by atoms with E-state index in [1.807, 2.05) is 24.3 Å². The van der Waals surface area contributed by atoms with Crippen molar-refractivity contribution in [1.29, 1.82) is 0 Å². The fourth-order valence-electron chi connectivity index (χ4n) is 2.77. The Balaban J connectivity index is 1.60. The van der Waals surface area contributed by atoms with E-state index in [2.05, 4.69) is 17.3 Å². The molecular formula is C22H22FN3O2. The maximum atomic E-state index is 12.9. The first-order valence-electron chi connectivity index (χ1n) is 9.24. The second kappa shape index (κ2) is 9.08. The van der Waals surface area contributed by atoms with Gasteiger partial charge in [-0.3, -0.25) is 9.59 Å². The van der Waals surface area contributed by atoms with Crippen molar-refractivity contribution in [3.63, 3.8) is 0 Å². The normalized spacial score (nSPS) is 10.6. The highest BCUT2D eigenvalue weighted by Gasteiger charge is 2.07. The average Bonchev–Trinajstić information content (AvgIpc) is 2.73. The van der Waals surface area contributed by atoms with E-state index in [4.69, 9.17) is 0 Å². The minimum absolute atomic E-state index is 0.131. The van der Waals surface area contributed by atoms with Crippen LogP contribution in [0.2, 0.25) is 0 Å². The Labute approximate surface area is 162 Å². The second-order valence-corrected chi connectivity index (χ2v) is 6.48. The van der Waals surface area contributed by atoms with Crippen molar-refractivity contribution in [2.45, 2.75) is 32.9 Å². The SMILES string of the molecule is CCc1ccc(-c2ccc(=O)n(CCC(=O)NCc3ccc(F)cc3)n2)cc1. The molecule has 0 saturated carbocycles. The van der Waals surface area contributed by atoms with Crippen LogP contribution in [-0.2, 0) is 24.3 Å². The quantitative estimate of drug-likeness (QED) is 0.685. The van der Waals surface area contributed by atoms with Crippen LogP contribution in [0.5, 0.6) is 0 Å². The van der Waals surface area contributed by atoms with Gasteiger partial charge < -0.3 is 5.32 Å². The molecule has 144 valence electrons. The van der Waals surface area contributed by atoms with Crippen LogP contribution >= 0.6 is 0 Å². The topological polar surface area (TPSA) is 64.0 Å². The number of carbonyl (C=O) groups is 1. The van der Waals surface area contributed by atoms with Gasteiger partial charge in [0.25, 0.3) is 5.56 Å². The maximum Gasteiger partial charge on any atom is 0.266 e. The number of benzene rings is 2. The molecule has 1 N–H and O–H groups in total. The number of nitrogens with zero attached hydrogens (tertiary/aromatic N) is 2. The van der Waals surface area contributed by atoms with Gasteiger partial charge in [-0.25, -0.2) is 9.07 Å². The lowest BCUT2D eigenvalue weighted by Crippen LogP contribution is -2.28. The van der Waals surface area contributed by atoms with Crippen LogP contribution in [0.3, 0.4) is 0 Å². The molecule has 1 amide bonds. The van der Waals surface area contributed by atoms with E-state index in [1.165, 1.54) is 28.4 Å². The average molecular weight is 379 g/mol. The standard InChI is InChI=1S/C22H22FN3O2/c1-2-16-3-7-18(8-4-16)20-11-12-22(28)26(25-20)14-13-21(27)24-15-17-5-9-19(23)10-6-17/h3-12H,2,13-15H2,1H3,(H,24,27). The predicted octanol–water partition coefficient (Wildman–Crippen LogP) is 3.32. The van der Waals surface area contributed by atoms with E-state index >= 15 is 0 Å². The fourth-order valence-corrected chi connectivity index (χ4v) is 2.77. The van der Waals surface area contributed by atoms with Crippen molar-refractivity contribution >= 4 is 5.91 Å². The Morgan fingerprint density at radius 1 is 1.00 bits per heavy atom. The lowest BCUT2D eigenvalue weighted by Gasteiger charge is -2.09. The predicted molar refractivity (Wildman–Crippen MR) is 106 cm³/mol. The van der Waals surface area contributed by atoms with Crippen LogP contribution in [0.4, 0.5) is 4.39 Å². The van der Waals surface area contributed by atoms with Crippen LogP contribution < -0.4 is 10.9 Å². The summed E-state index contributed by atoms with van der Waals surface area (Å²) in [6.07, 6.45) is 1.09. The summed E-state index contributed by atoms with van der Waals surface area (Å²) in [6, 6.07) is 17.1. The molecule has 0 radical (unpaired) electrons. The molecule has 0 aliphatic rings. The molecular weight excluding hydrogens is 357 g/mol. The Hall–Kier alpha value is -3.28. The summed E-state index contributed by atoms with van der Waals surface area (Å²) in [5, 5.41) is 7.14. The van der Waals surface area contributed by atoms with Crippen molar-refractivity contribution in [2.75, 3.05) is 0 Å². The van der Waals surface area contributed by atoms with Gasteiger partial charge in [0, 0.05) is 24.6 Å². The van der Waals surface area contributed by atoms with Crippen LogP contribution in [0, 0.1) is 5.82 Å². The van der Waals surface area contributed by atoms with Gasteiger partial charge in [0.1, 0.15) is 5.82 Å². The van der Waals surface area contributed by atoms with Gasteiger partial charge in [-0.05, 0) is 35.7 Å². The molecule has 1 heterocycles. The van der Waals surface area contributed by atoms with Gasteiger partial charge in [-0.2, -0.15) is 5.10 Å². The number of halogens is 1. The number of hydrogen-bond donors (Lipinski definition) is 1. The van der Waals surface area contributed by atoms with Crippen molar-refractivity contribution in [1.82, 2.24) is 15.1 Å². The van der Waals surface area contributed by atoms with E-state index in [0.717, 1.165) is 17.5 Å². The van der Waals surface area contributed by atoms with Crippen LogP contribution in [0.1, 0.15) is 24.5 Å². The molecule has 0 bridgehead atoms. The first kappa shape index (κ1) is 19.5. The third kappa shape index (κ3) is 5.13. The van der Waals surface area contributed by atoms with Gasteiger partial charge in [-0.15, -0.1) is 0 Å². The number of nitrogens with one attached hydrogen (secondary N) is 1. The van der Waals surface area contributed by atoms with Crippen LogP contribution in [-0.4, -0.2) is 15.7 Å². The molecule has 5 nitrogen and oxygen atoms in total. The summed E-state index contributed by atoms with van der Waals surface area (Å²) in [4.78, 5) is 24.1. The summed E-state index contributed by atoms with van der Waals surface area (Å²) in [5.74, 6) is -0.513. The second-order valence-electron chi connectivity index (χ2n) is 6.48. The zero-order valence-corrected chi connectivity index (χ0v) is 15.7. The molecule has 0 aliphatic heterocycles. The zero-order valence-electron chi connectivity index (χ0n) is 15.7. The van der Waals surface area contributed by atoms with Crippen molar-refractivity contribution in [3.05, 3.63) is 88.0 Å². The Kier molecular flexibility index (Phi) is 6.32. The molecule has 3 rings (SSSR count). The molecule has 0 fully saturated rings. The summed E-state index contributed by atoms with van der Waals surface area (Å²) in [5.41, 5.74) is 3.40.